The standard InChI is InChI=1S/C26H31N5O4/c1-16(2)34-23-6-5-20(12-22(23)27)26-28-25(29-35-26)19-4-3-17-7-9-30(10-8-18(17)11-19)15-24(33)31-13-21(32)14-31/h3-6,11-12,16,21,32H,7-10,13-15,27H2,1-2H3. The van der Waals surface area contributed by atoms with Crippen LogP contribution in [0.3, 0.4) is 0 Å². The average molecular weight is 478 g/mol. The number of nitrogen functional groups attached to an aromatic ring is 1. The van der Waals surface area contributed by atoms with Crippen LogP contribution in [0.25, 0.3) is 22.8 Å². The van der Waals surface area contributed by atoms with E-state index in [-0.39, 0.29) is 18.1 Å². The molecule has 0 aliphatic carbocycles. The first-order valence-corrected chi connectivity index (χ1v) is 12.1. The van der Waals surface area contributed by atoms with Crippen LogP contribution in [0.4, 0.5) is 5.69 Å². The lowest BCUT2D eigenvalue weighted by Crippen LogP contribution is -2.56. The van der Waals surface area contributed by atoms with E-state index in [1.807, 2.05) is 32.0 Å². The zero-order valence-corrected chi connectivity index (χ0v) is 20.1. The second kappa shape index (κ2) is 9.67. The predicted molar refractivity (Wildman–Crippen MR) is 132 cm³/mol. The Bertz CT molecular complexity index is 1220. The maximum absolute atomic E-state index is 12.4. The summed E-state index contributed by atoms with van der Waals surface area (Å²) in [7, 11) is 0. The molecular weight excluding hydrogens is 446 g/mol. The molecule has 0 saturated carbocycles. The maximum atomic E-state index is 12.4. The van der Waals surface area contributed by atoms with Crippen molar-refractivity contribution in [3.8, 4) is 28.6 Å². The fraction of sp³-hybridized carbons (Fsp3) is 0.423. The van der Waals surface area contributed by atoms with E-state index >= 15 is 0 Å². The molecule has 2 aliphatic heterocycles. The SMILES string of the molecule is CC(C)Oc1ccc(-c2nc(-c3ccc4c(c3)CCN(CC(=O)N3CC(O)C3)CC4)no2)cc1N. The number of nitrogens with two attached hydrogens (primary N) is 1. The molecule has 9 nitrogen and oxygen atoms in total. The third kappa shape index (κ3) is 5.16. The largest absolute Gasteiger partial charge is 0.489 e. The van der Waals surface area contributed by atoms with E-state index < -0.39 is 0 Å². The second-order valence-electron chi connectivity index (χ2n) is 9.55. The van der Waals surface area contributed by atoms with Crippen molar-refractivity contribution in [3.63, 3.8) is 0 Å². The van der Waals surface area contributed by atoms with Gasteiger partial charge in [0.1, 0.15) is 5.75 Å². The van der Waals surface area contributed by atoms with Gasteiger partial charge in [-0.05, 0) is 62.1 Å². The molecule has 0 atom stereocenters. The van der Waals surface area contributed by atoms with E-state index in [2.05, 4.69) is 27.2 Å². The van der Waals surface area contributed by atoms with Crippen molar-refractivity contribution in [3.05, 3.63) is 47.5 Å². The molecule has 5 rings (SSSR count). The molecule has 1 fully saturated rings. The number of ether oxygens (including phenoxy) is 1. The van der Waals surface area contributed by atoms with Gasteiger partial charge in [-0.2, -0.15) is 4.98 Å². The number of aromatic nitrogens is 2. The molecule has 184 valence electrons. The normalized spacial score (nSPS) is 16.6. The number of anilines is 1. The summed E-state index contributed by atoms with van der Waals surface area (Å²) in [5.41, 5.74) is 10.8. The minimum Gasteiger partial charge on any atom is -0.489 e. The van der Waals surface area contributed by atoms with Crippen molar-refractivity contribution in [2.75, 3.05) is 38.5 Å². The Kier molecular flexibility index (Phi) is 6.44. The highest BCUT2D eigenvalue weighted by atomic mass is 16.5. The fourth-order valence-electron chi connectivity index (χ4n) is 4.52. The number of fused-ring (bicyclic) bond motifs is 1. The Hall–Kier alpha value is -3.43. The van der Waals surface area contributed by atoms with E-state index in [4.69, 9.17) is 15.0 Å². The number of carbonyl (C=O) groups is 1. The molecule has 3 aromatic rings. The lowest BCUT2D eigenvalue weighted by Gasteiger charge is -2.37. The first kappa shape index (κ1) is 23.3. The number of β-amino-alcohol motifs (C(OH)–C–C–N with tert-alkyl or cyclic N) is 1. The van der Waals surface area contributed by atoms with Crippen molar-refractivity contribution in [1.29, 1.82) is 0 Å². The molecule has 2 aliphatic rings. The Morgan fingerprint density at radius 3 is 2.60 bits per heavy atom. The quantitative estimate of drug-likeness (QED) is 0.520. The highest BCUT2D eigenvalue weighted by Gasteiger charge is 2.30. The number of aliphatic hydroxyl groups is 1. The smallest absolute Gasteiger partial charge is 0.258 e. The van der Waals surface area contributed by atoms with Crippen LogP contribution in [0, 0.1) is 0 Å². The second-order valence-corrected chi connectivity index (χ2v) is 9.55. The Balaban J connectivity index is 1.27. The molecule has 0 radical (unpaired) electrons. The number of likely N-dealkylation sites (tertiary alicyclic amines) is 1. The van der Waals surface area contributed by atoms with Crippen LogP contribution in [-0.4, -0.2) is 75.9 Å². The zero-order valence-electron chi connectivity index (χ0n) is 20.1. The number of hydrogen-bond acceptors (Lipinski definition) is 8. The van der Waals surface area contributed by atoms with Gasteiger partial charge in [-0.15, -0.1) is 0 Å². The molecule has 0 unspecified atom stereocenters. The van der Waals surface area contributed by atoms with Gasteiger partial charge in [-0.3, -0.25) is 9.69 Å². The average Bonchev–Trinajstić information content (AvgIpc) is 3.22. The van der Waals surface area contributed by atoms with Gasteiger partial charge < -0.3 is 25.0 Å². The summed E-state index contributed by atoms with van der Waals surface area (Å²) >= 11 is 0. The first-order valence-electron chi connectivity index (χ1n) is 12.1. The van der Waals surface area contributed by atoms with Gasteiger partial charge in [-0.25, -0.2) is 0 Å². The molecule has 0 bridgehead atoms. The van der Waals surface area contributed by atoms with E-state index in [1.54, 1.807) is 11.0 Å². The first-order chi connectivity index (χ1) is 16.9. The molecule has 3 N–H and O–H groups in total. The number of carbonyl (C=O) groups excluding carboxylic acids is 1. The van der Waals surface area contributed by atoms with Crippen LogP contribution in [-0.2, 0) is 17.6 Å². The minimum absolute atomic E-state index is 0.0356. The van der Waals surface area contributed by atoms with Crippen molar-refractivity contribution in [2.45, 2.75) is 38.9 Å². The Labute approximate surface area is 204 Å². The van der Waals surface area contributed by atoms with Gasteiger partial charge in [0.25, 0.3) is 5.89 Å². The molecular formula is C26H31N5O4. The van der Waals surface area contributed by atoms with Gasteiger partial charge in [0, 0.05) is 37.3 Å². The number of hydrogen-bond donors (Lipinski definition) is 2. The molecule has 9 heteroatoms. The van der Waals surface area contributed by atoms with Crippen LogP contribution in [0.5, 0.6) is 5.75 Å². The topological polar surface area (TPSA) is 118 Å². The lowest BCUT2D eigenvalue weighted by atomic mass is 10.00. The van der Waals surface area contributed by atoms with Gasteiger partial charge in [0.15, 0.2) is 0 Å². The third-order valence-electron chi connectivity index (χ3n) is 6.48. The summed E-state index contributed by atoms with van der Waals surface area (Å²) in [6, 6.07) is 11.7. The fourth-order valence-corrected chi connectivity index (χ4v) is 4.52. The van der Waals surface area contributed by atoms with Crippen molar-refractivity contribution < 1.29 is 19.2 Å². The number of rotatable bonds is 6. The van der Waals surface area contributed by atoms with Crippen molar-refractivity contribution >= 4 is 11.6 Å². The summed E-state index contributed by atoms with van der Waals surface area (Å²) in [5, 5.41) is 13.6. The molecule has 2 aromatic carbocycles. The number of nitrogens with zero attached hydrogens (tertiary/aromatic N) is 4. The Morgan fingerprint density at radius 1 is 1.14 bits per heavy atom. The summed E-state index contributed by atoms with van der Waals surface area (Å²) in [6.45, 7) is 6.84. The highest BCUT2D eigenvalue weighted by molar-refractivity contribution is 5.79. The van der Waals surface area contributed by atoms with Crippen LogP contribution in [0.2, 0.25) is 0 Å². The molecule has 1 amide bonds. The molecule has 35 heavy (non-hydrogen) atoms. The lowest BCUT2D eigenvalue weighted by molar-refractivity contribution is -0.142. The summed E-state index contributed by atoms with van der Waals surface area (Å²) in [5.74, 6) is 1.65. The maximum Gasteiger partial charge on any atom is 0.258 e. The molecule has 1 saturated heterocycles. The van der Waals surface area contributed by atoms with Crippen LogP contribution in [0.15, 0.2) is 40.9 Å². The van der Waals surface area contributed by atoms with E-state index in [0.717, 1.165) is 37.1 Å². The third-order valence-corrected chi connectivity index (χ3v) is 6.48. The van der Waals surface area contributed by atoms with Crippen LogP contribution in [0.1, 0.15) is 25.0 Å². The summed E-state index contributed by atoms with van der Waals surface area (Å²) in [4.78, 5) is 20.9. The zero-order chi connectivity index (χ0) is 24.5. The van der Waals surface area contributed by atoms with E-state index in [0.29, 0.717) is 42.8 Å². The molecule has 1 aromatic heterocycles. The van der Waals surface area contributed by atoms with Gasteiger partial charge in [0.05, 0.1) is 24.4 Å². The Morgan fingerprint density at radius 2 is 1.89 bits per heavy atom. The van der Waals surface area contributed by atoms with Crippen molar-refractivity contribution in [2.24, 2.45) is 0 Å². The minimum atomic E-state index is -0.368. The van der Waals surface area contributed by atoms with E-state index in [1.165, 1.54) is 11.1 Å². The number of benzene rings is 2. The monoisotopic (exact) mass is 477 g/mol. The molecule has 3 heterocycles. The highest BCUT2D eigenvalue weighted by Crippen LogP contribution is 2.30. The van der Waals surface area contributed by atoms with Gasteiger partial charge in [-0.1, -0.05) is 17.3 Å². The summed E-state index contributed by atoms with van der Waals surface area (Å²) < 4.78 is 11.2. The predicted octanol–water partition coefficient (Wildman–Crippen LogP) is 2.38. The number of aliphatic hydroxyl groups excluding tert-OH is 1. The number of amides is 1. The van der Waals surface area contributed by atoms with Crippen LogP contribution >= 0.6 is 0 Å². The molecule has 0 spiro atoms. The van der Waals surface area contributed by atoms with Crippen LogP contribution < -0.4 is 10.5 Å². The van der Waals surface area contributed by atoms with Gasteiger partial charge >= 0.3 is 0 Å². The summed E-state index contributed by atoms with van der Waals surface area (Å²) in [6.07, 6.45) is 1.39. The van der Waals surface area contributed by atoms with Crippen molar-refractivity contribution in [1.82, 2.24) is 19.9 Å². The van der Waals surface area contributed by atoms with E-state index in [9.17, 15) is 9.90 Å². The van der Waals surface area contributed by atoms with Gasteiger partial charge in [0.2, 0.25) is 11.7 Å².